The Bertz CT molecular complexity index is 356. The van der Waals surface area contributed by atoms with Crippen molar-refractivity contribution in [2.75, 3.05) is 12.3 Å². The molecule has 0 N–H and O–H groups in total. The average Bonchev–Trinajstić information content (AvgIpc) is 2.19. The van der Waals surface area contributed by atoms with Gasteiger partial charge < -0.3 is 0 Å². The fourth-order valence-corrected chi connectivity index (χ4v) is 3.02. The standard InChI is InChI=1S/C10H9Cl2NS/c11-7-3-1-4-8(12)9(7)10-13-5-2-6-14-10/h1,3-4H,2,5-6H2. The second kappa shape index (κ2) is 4.56. The van der Waals surface area contributed by atoms with Crippen molar-refractivity contribution < 1.29 is 0 Å². The molecule has 4 heteroatoms. The second-order valence-electron chi connectivity index (χ2n) is 2.99. The van der Waals surface area contributed by atoms with E-state index in [9.17, 15) is 0 Å². The number of benzene rings is 1. The minimum atomic E-state index is 0.686. The molecule has 0 aromatic heterocycles. The molecule has 0 aliphatic carbocycles. The molecular weight excluding hydrogens is 237 g/mol. The Labute approximate surface area is 97.5 Å². The van der Waals surface area contributed by atoms with Crippen molar-refractivity contribution in [1.82, 2.24) is 0 Å². The minimum absolute atomic E-state index is 0.686. The summed E-state index contributed by atoms with van der Waals surface area (Å²) in [5.74, 6) is 1.10. The summed E-state index contributed by atoms with van der Waals surface area (Å²) in [6.07, 6.45) is 1.14. The highest BCUT2D eigenvalue weighted by Crippen LogP contribution is 2.30. The van der Waals surface area contributed by atoms with Gasteiger partial charge in [-0.05, 0) is 18.6 Å². The summed E-state index contributed by atoms with van der Waals surface area (Å²) < 4.78 is 0. The quantitative estimate of drug-likeness (QED) is 0.732. The highest BCUT2D eigenvalue weighted by Gasteiger charge is 2.14. The number of nitrogens with zero attached hydrogens (tertiary/aromatic N) is 1. The molecule has 0 saturated heterocycles. The topological polar surface area (TPSA) is 12.4 Å². The molecule has 1 heterocycles. The fourth-order valence-electron chi connectivity index (χ4n) is 1.31. The van der Waals surface area contributed by atoms with E-state index in [1.807, 2.05) is 18.2 Å². The lowest BCUT2D eigenvalue weighted by atomic mass is 10.2. The van der Waals surface area contributed by atoms with E-state index in [0.717, 1.165) is 29.3 Å². The molecule has 1 nitrogen and oxygen atoms in total. The van der Waals surface area contributed by atoms with Gasteiger partial charge >= 0.3 is 0 Å². The molecule has 0 radical (unpaired) electrons. The van der Waals surface area contributed by atoms with Crippen LogP contribution in [0.1, 0.15) is 12.0 Å². The van der Waals surface area contributed by atoms with Crippen molar-refractivity contribution in [2.24, 2.45) is 4.99 Å². The number of halogens is 2. The lowest BCUT2D eigenvalue weighted by Gasteiger charge is -2.13. The SMILES string of the molecule is Clc1cccc(Cl)c1C1=NCCCS1. The van der Waals surface area contributed by atoms with Crippen molar-refractivity contribution >= 4 is 40.0 Å². The molecule has 1 aromatic carbocycles. The van der Waals surface area contributed by atoms with E-state index in [0.29, 0.717) is 10.0 Å². The highest BCUT2D eigenvalue weighted by atomic mass is 35.5. The van der Waals surface area contributed by atoms with Gasteiger partial charge in [-0.2, -0.15) is 0 Å². The van der Waals surface area contributed by atoms with Crippen molar-refractivity contribution in [3.8, 4) is 0 Å². The number of hydrogen-bond donors (Lipinski definition) is 0. The van der Waals surface area contributed by atoms with Crippen molar-refractivity contribution in [1.29, 1.82) is 0 Å². The highest BCUT2D eigenvalue weighted by molar-refractivity contribution is 8.14. The van der Waals surface area contributed by atoms with Gasteiger partial charge in [0.1, 0.15) is 5.04 Å². The monoisotopic (exact) mass is 245 g/mol. The normalized spacial score (nSPS) is 16.6. The Morgan fingerprint density at radius 1 is 1.21 bits per heavy atom. The third kappa shape index (κ3) is 2.08. The zero-order valence-electron chi connectivity index (χ0n) is 7.46. The van der Waals surface area contributed by atoms with Gasteiger partial charge in [0, 0.05) is 17.9 Å². The first-order chi connectivity index (χ1) is 6.79. The van der Waals surface area contributed by atoms with E-state index in [1.54, 1.807) is 11.8 Å². The molecule has 0 bridgehead atoms. The molecule has 0 saturated carbocycles. The molecule has 1 aromatic rings. The van der Waals surface area contributed by atoms with Crippen LogP contribution in [-0.4, -0.2) is 17.3 Å². The Balaban J connectivity index is 2.44. The van der Waals surface area contributed by atoms with Gasteiger partial charge in [-0.25, -0.2) is 0 Å². The first-order valence-electron chi connectivity index (χ1n) is 4.40. The Morgan fingerprint density at radius 2 is 1.93 bits per heavy atom. The van der Waals surface area contributed by atoms with Gasteiger partial charge in [-0.1, -0.05) is 29.3 Å². The Kier molecular flexibility index (Phi) is 3.37. The van der Waals surface area contributed by atoms with Crippen LogP contribution in [0.15, 0.2) is 23.2 Å². The van der Waals surface area contributed by atoms with Crippen LogP contribution in [0.25, 0.3) is 0 Å². The summed E-state index contributed by atoms with van der Waals surface area (Å²) in [6.45, 7) is 0.879. The van der Waals surface area contributed by atoms with Gasteiger partial charge in [0.2, 0.25) is 0 Å². The van der Waals surface area contributed by atoms with E-state index < -0.39 is 0 Å². The molecule has 0 fully saturated rings. The summed E-state index contributed by atoms with van der Waals surface area (Å²) in [6, 6.07) is 5.54. The maximum Gasteiger partial charge on any atom is 0.101 e. The van der Waals surface area contributed by atoms with Crippen LogP contribution in [-0.2, 0) is 0 Å². The Hall–Kier alpha value is -0.180. The van der Waals surface area contributed by atoms with Gasteiger partial charge in [-0.15, -0.1) is 11.8 Å². The van der Waals surface area contributed by atoms with Crippen LogP contribution in [0.5, 0.6) is 0 Å². The molecule has 0 amide bonds. The smallest absolute Gasteiger partial charge is 0.101 e. The molecule has 0 spiro atoms. The first kappa shape index (κ1) is 10.3. The molecule has 1 aliphatic heterocycles. The number of rotatable bonds is 1. The third-order valence-electron chi connectivity index (χ3n) is 1.97. The maximum absolute atomic E-state index is 6.08. The van der Waals surface area contributed by atoms with Crippen LogP contribution in [0, 0.1) is 0 Å². The molecule has 2 rings (SSSR count). The largest absolute Gasteiger partial charge is 0.278 e. The fraction of sp³-hybridized carbons (Fsp3) is 0.300. The van der Waals surface area contributed by atoms with Crippen molar-refractivity contribution in [3.63, 3.8) is 0 Å². The van der Waals surface area contributed by atoms with Crippen LogP contribution in [0.4, 0.5) is 0 Å². The van der Waals surface area contributed by atoms with E-state index >= 15 is 0 Å². The zero-order valence-corrected chi connectivity index (χ0v) is 9.79. The van der Waals surface area contributed by atoms with Crippen LogP contribution in [0.2, 0.25) is 10.0 Å². The van der Waals surface area contributed by atoms with Crippen LogP contribution < -0.4 is 0 Å². The number of thioether (sulfide) groups is 1. The van der Waals surface area contributed by atoms with E-state index in [1.165, 1.54) is 0 Å². The van der Waals surface area contributed by atoms with Crippen LogP contribution in [0.3, 0.4) is 0 Å². The van der Waals surface area contributed by atoms with Gasteiger partial charge in [0.25, 0.3) is 0 Å². The summed E-state index contributed by atoms with van der Waals surface area (Å²) in [4.78, 5) is 4.43. The maximum atomic E-state index is 6.08. The summed E-state index contributed by atoms with van der Waals surface area (Å²) in [5.41, 5.74) is 0.889. The minimum Gasteiger partial charge on any atom is -0.278 e. The lowest BCUT2D eigenvalue weighted by molar-refractivity contribution is 0.939. The van der Waals surface area contributed by atoms with E-state index in [2.05, 4.69) is 4.99 Å². The molecule has 74 valence electrons. The average molecular weight is 246 g/mol. The molecule has 1 aliphatic rings. The second-order valence-corrected chi connectivity index (χ2v) is 4.88. The zero-order chi connectivity index (χ0) is 9.97. The predicted octanol–water partition coefficient (Wildman–Crippen LogP) is 3.88. The van der Waals surface area contributed by atoms with Gasteiger partial charge in [0.05, 0.1) is 10.0 Å². The molecular formula is C10H9Cl2NS. The third-order valence-corrected chi connectivity index (χ3v) is 3.70. The Morgan fingerprint density at radius 3 is 2.50 bits per heavy atom. The summed E-state index contributed by atoms with van der Waals surface area (Å²) in [7, 11) is 0. The summed E-state index contributed by atoms with van der Waals surface area (Å²) >= 11 is 13.9. The molecule has 0 unspecified atom stereocenters. The van der Waals surface area contributed by atoms with Gasteiger partial charge in [-0.3, -0.25) is 4.99 Å². The lowest BCUT2D eigenvalue weighted by Crippen LogP contribution is -2.06. The van der Waals surface area contributed by atoms with Gasteiger partial charge in [0.15, 0.2) is 0 Å². The predicted molar refractivity (Wildman–Crippen MR) is 64.9 cm³/mol. The van der Waals surface area contributed by atoms with E-state index in [4.69, 9.17) is 23.2 Å². The number of aliphatic imine (C=N–C) groups is 1. The van der Waals surface area contributed by atoms with E-state index in [-0.39, 0.29) is 0 Å². The summed E-state index contributed by atoms with van der Waals surface area (Å²) in [5, 5.41) is 2.35. The molecule has 14 heavy (non-hydrogen) atoms. The number of hydrogen-bond acceptors (Lipinski definition) is 2. The van der Waals surface area contributed by atoms with Crippen LogP contribution >= 0.6 is 35.0 Å². The van der Waals surface area contributed by atoms with Crippen molar-refractivity contribution in [3.05, 3.63) is 33.8 Å². The first-order valence-corrected chi connectivity index (χ1v) is 6.15. The van der Waals surface area contributed by atoms with Crippen molar-refractivity contribution in [2.45, 2.75) is 6.42 Å². The molecule has 0 atom stereocenters.